The number of aromatic nitrogens is 2. The molecule has 0 fully saturated rings. The maximum absolute atomic E-state index is 13.5. The van der Waals surface area contributed by atoms with E-state index in [1.54, 1.807) is 41.2 Å². The van der Waals surface area contributed by atoms with Crippen LogP contribution < -0.4 is 10.9 Å². The molecule has 1 aromatic carbocycles. The number of methoxy groups -OCH3 is 1. The van der Waals surface area contributed by atoms with Crippen molar-refractivity contribution in [2.45, 2.75) is 39.8 Å². The van der Waals surface area contributed by atoms with Crippen molar-refractivity contribution in [2.24, 2.45) is 5.92 Å². The Morgan fingerprint density at radius 3 is 2.47 bits per heavy atom. The maximum atomic E-state index is 13.5. The van der Waals surface area contributed by atoms with Gasteiger partial charge >= 0.3 is 6.03 Å². The Balaban J connectivity index is 1.96. The highest BCUT2D eigenvalue weighted by Crippen LogP contribution is 2.24. The van der Waals surface area contributed by atoms with Crippen LogP contribution in [0.4, 0.5) is 10.5 Å². The number of hydrogen-bond donors (Lipinski definition) is 1. The fraction of sp³-hybridized carbons (Fsp3) is 0.400. The first kappa shape index (κ1) is 23.5. The normalized spacial score (nSPS) is 12.2. The number of fused-ring (bicyclic) bond motifs is 1. The van der Waals surface area contributed by atoms with Crippen LogP contribution in [0.25, 0.3) is 10.8 Å². The summed E-state index contributed by atoms with van der Waals surface area (Å²) in [6, 6.07) is 10.9. The second-order valence-corrected chi connectivity index (χ2v) is 8.37. The van der Waals surface area contributed by atoms with E-state index in [1.807, 2.05) is 37.3 Å². The first-order valence-electron chi connectivity index (χ1n) is 11.0. The minimum Gasteiger partial charge on any atom is -0.385 e. The molecule has 170 valence electrons. The minimum absolute atomic E-state index is 0.0468. The highest BCUT2D eigenvalue weighted by molar-refractivity contribution is 6.01. The molecule has 0 bridgehead atoms. The summed E-state index contributed by atoms with van der Waals surface area (Å²) >= 11 is 0. The molecule has 0 saturated heterocycles. The van der Waals surface area contributed by atoms with Gasteiger partial charge in [0.05, 0.1) is 11.7 Å². The van der Waals surface area contributed by atoms with Gasteiger partial charge in [0, 0.05) is 56.2 Å². The zero-order valence-corrected chi connectivity index (χ0v) is 19.2. The standard InChI is InChI=1S/C25H32N4O3/c1-18(2)16-28-17-23(21-8-5-6-9-22(21)24(28)30)27-25(31)29(14-7-15-32-4)19(3)20-10-12-26-13-11-20/h5-6,8-13,17-19H,7,14-16H2,1-4H3,(H,27,31). The smallest absolute Gasteiger partial charge is 0.322 e. The molecule has 3 aromatic rings. The van der Waals surface area contributed by atoms with E-state index in [2.05, 4.69) is 24.1 Å². The molecule has 1 N–H and O–H groups in total. The Labute approximate surface area is 189 Å². The van der Waals surface area contributed by atoms with E-state index in [0.717, 1.165) is 10.9 Å². The van der Waals surface area contributed by atoms with E-state index >= 15 is 0 Å². The van der Waals surface area contributed by atoms with Crippen molar-refractivity contribution in [3.05, 3.63) is 70.9 Å². The number of nitrogens with zero attached hydrogens (tertiary/aromatic N) is 3. The third-order valence-electron chi connectivity index (χ3n) is 5.46. The van der Waals surface area contributed by atoms with Crippen molar-refractivity contribution in [1.82, 2.24) is 14.5 Å². The van der Waals surface area contributed by atoms with E-state index in [-0.39, 0.29) is 17.6 Å². The zero-order chi connectivity index (χ0) is 23.1. The van der Waals surface area contributed by atoms with Gasteiger partial charge in [-0.3, -0.25) is 9.78 Å². The lowest BCUT2D eigenvalue weighted by Gasteiger charge is -2.30. The summed E-state index contributed by atoms with van der Waals surface area (Å²) in [6.45, 7) is 7.81. The summed E-state index contributed by atoms with van der Waals surface area (Å²) in [5.74, 6) is 0.301. The van der Waals surface area contributed by atoms with E-state index in [4.69, 9.17) is 4.74 Å². The molecule has 2 heterocycles. The van der Waals surface area contributed by atoms with Gasteiger partial charge in [-0.25, -0.2) is 4.79 Å². The van der Waals surface area contributed by atoms with Crippen molar-refractivity contribution < 1.29 is 9.53 Å². The van der Waals surface area contributed by atoms with Crippen LogP contribution in [0.15, 0.2) is 59.8 Å². The highest BCUT2D eigenvalue weighted by Gasteiger charge is 2.22. The van der Waals surface area contributed by atoms with Crippen LogP contribution in [0.5, 0.6) is 0 Å². The van der Waals surface area contributed by atoms with Crippen molar-refractivity contribution in [3.63, 3.8) is 0 Å². The molecule has 0 aliphatic heterocycles. The summed E-state index contributed by atoms with van der Waals surface area (Å²) in [5, 5.41) is 4.41. The molecule has 0 spiro atoms. The molecule has 32 heavy (non-hydrogen) atoms. The molecule has 0 aliphatic rings. The third-order valence-corrected chi connectivity index (χ3v) is 5.46. The number of ether oxygens (including phenoxy) is 1. The second kappa shape index (κ2) is 10.9. The third kappa shape index (κ3) is 5.53. The van der Waals surface area contributed by atoms with Crippen LogP contribution in [0.3, 0.4) is 0 Å². The van der Waals surface area contributed by atoms with Gasteiger partial charge in [-0.1, -0.05) is 32.0 Å². The molecule has 0 radical (unpaired) electrons. The van der Waals surface area contributed by atoms with Gasteiger partial charge in [0.2, 0.25) is 0 Å². The number of anilines is 1. The van der Waals surface area contributed by atoms with Gasteiger partial charge in [-0.2, -0.15) is 0 Å². The predicted molar refractivity (Wildman–Crippen MR) is 128 cm³/mol. The number of nitrogens with one attached hydrogen (secondary N) is 1. The summed E-state index contributed by atoms with van der Waals surface area (Å²) < 4.78 is 6.88. The first-order valence-corrected chi connectivity index (χ1v) is 11.0. The van der Waals surface area contributed by atoms with Gasteiger partial charge in [-0.05, 0) is 43.0 Å². The lowest BCUT2D eigenvalue weighted by Crippen LogP contribution is -2.38. The van der Waals surface area contributed by atoms with E-state index in [0.29, 0.717) is 43.1 Å². The number of benzene rings is 1. The van der Waals surface area contributed by atoms with Crippen molar-refractivity contribution in [2.75, 3.05) is 25.6 Å². The molecule has 1 unspecified atom stereocenters. The topological polar surface area (TPSA) is 76.5 Å². The second-order valence-electron chi connectivity index (χ2n) is 8.37. The summed E-state index contributed by atoms with van der Waals surface area (Å²) in [6.07, 6.45) is 5.93. The largest absolute Gasteiger partial charge is 0.385 e. The van der Waals surface area contributed by atoms with Crippen LogP contribution in [0, 0.1) is 5.92 Å². The van der Waals surface area contributed by atoms with Crippen LogP contribution in [-0.4, -0.2) is 40.7 Å². The Hall–Kier alpha value is -3.19. The summed E-state index contributed by atoms with van der Waals surface area (Å²) in [7, 11) is 1.65. The van der Waals surface area contributed by atoms with E-state index < -0.39 is 0 Å². The summed E-state index contributed by atoms with van der Waals surface area (Å²) in [4.78, 5) is 32.3. The lowest BCUT2D eigenvalue weighted by molar-refractivity contribution is 0.161. The van der Waals surface area contributed by atoms with Gasteiger partial charge < -0.3 is 19.5 Å². The van der Waals surface area contributed by atoms with Crippen LogP contribution in [0.2, 0.25) is 0 Å². The van der Waals surface area contributed by atoms with Crippen molar-refractivity contribution in [3.8, 4) is 0 Å². The average molecular weight is 437 g/mol. The number of urea groups is 1. The van der Waals surface area contributed by atoms with Gasteiger partial charge in [0.25, 0.3) is 5.56 Å². The highest BCUT2D eigenvalue weighted by atomic mass is 16.5. The van der Waals surface area contributed by atoms with E-state index in [1.165, 1.54) is 0 Å². The molecule has 7 nitrogen and oxygen atoms in total. The quantitative estimate of drug-likeness (QED) is 0.494. The van der Waals surface area contributed by atoms with Crippen LogP contribution in [0.1, 0.15) is 38.8 Å². The minimum atomic E-state index is -0.217. The molecule has 1 atom stereocenters. The maximum Gasteiger partial charge on any atom is 0.322 e. The molecule has 0 aliphatic carbocycles. The fourth-order valence-corrected chi connectivity index (χ4v) is 3.83. The summed E-state index contributed by atoms with van der Waals surface area (Å²) in [5.41, 5.74) is 1.58. The lowest BCUT2D eigenvalue weighted by atomic mass is 10.1. The Kier molecular flexibility index (Phi) is 8.00. The van der Waals surface area contributed by atoms with Gasteiger partial charge in [0.15, 0.2) is 0 Å². The number of amides is 2. The molecule has 7 heteroatoms. The van der Waals surface area contributed by atoms with Crippen LogP contribution in [-0.2, 0) is 11.3 Å². The number of pyridine rings is 2. The Morgan fingerprint density at radius 1 is 1.12 bits per heavy atom. The predicted octanol–water partition coefficient (Wildman–Crippen LogP) is 4.68. The molecule has 3 rings (SSSR count). The number of carbonyl (C=O) groups excluding carboxylic acids is 1. The molecule has 0 saturated carbocycles. The van der Waals surface area contributed by atoms with Crippen LogP contribution >= 0.6 is 0 Å². The molecular weight excluding hydrogens is 404 g/mol. The molecule has 2 amide bonds. The van der Waals surface area contributed by atoms with Crippen molar-refractivity contribution >= 4 is 22.5 Å². The zero-order valence-electron chi connectivity index (χ0n) is 19.2. The SMILES string of the molecule is COCCCN(C(=O)Nc1cn(CC(C)C)c(=O)c2ccccc12)C(C)c1ccncc1. The van der Waals surface area contributed by atoms with Gasteiger partial charge in [0.1, 0.15) is 0 Å². The number of hydrogen-bond acceptors (Lipinski definition) is 4. The van der Waals surface area contributed by atoms with Crippen molar-refractivity contribution in [1.29, 1.82) is 0 Å². The Morgan fingerprint density at radius 2 is 1.81 bits per heavy atom. The van der Waals surface area contributed by atoms with E-state index in [9.17, 15) is 9.59 Å². The molecule has 2 aromatic heterocycles. The molecular formula is C25H32N4O3. The fourth-order valence-electron chi connectivity index (χ4n) is 3.83. The monoisotopic (exact) mass is 436 g/mol. The number of rotatable bonds is 9. The first-order chi connectivity index (χ1) is 15.4. The number of carbonyl (C=O) groups is 1. The Bertz CT molecular complexity index is 1100. The average Bonchev–Trinajstić information content (AvgIpc) is 2.79. The van der Waals surface area contributed by atoms with Gasteiger partial charge in [-0.15, -0.1) is 0 Å².